The van der Waals surface area contributed by atoms with Crippen molar-refractivity contribution in [2.24, 2.45) is 0 Å². The number of amides is 1. The van der Waals surface area contributed by atoms with Gasteiger partial charge in [-0.15, -0.1) is 0 Å². The van der Waals surface area contributed by atoms with Crippen LogP contribution in [-0.4, -0.2) is 29.5 Å². The second-order valence-electron chi connectivity index (χ2n) is 3.34. The van der Waals surface area contributed by atoms with E-state index in [0.717, 1.165) is 10.2 Å². The van der Waals surface area contributed by atoms with E-state index in [1.165, 1.54) is 0 Å². The van der Waals surface area contributed by atoms with Gasteiger partial charge in [0.2, 0.25) is 0 Å². The number of halogens is 1. The van der Waals surface area contributed by atoms with Gasteiger partial charge >= 0.3 is 0 Å². The molecular formula is C10H9BrN2OS. The Morgan fingerprint density at radius 1 is 1.33 bits per heavy atom. The summed E-state index contributed by atoms with van der Waals surface area (Å²) in [5.41, 5.74) is 0.817. The smallest absolute Gasteiger partial charge is 0.252 e. The van der Waals surface area contributed by atoms with E-state index in [1.54, 1.807) is 9.80 Å². The highest BCUT2D eigenvalue weighted by Gasteiger charge is 2.31. The summed E-state index contributed by atoms with van der Waals surface area (Å²) >= 11 is 8.52. The number of likely N-dealkylation sites (N-methyl/N-ethyl adjacent to an activating group) is 1. The lowest BCUT2D eigenvalue weighted by molar-refractivity contribution is -0.116. The van der Waals surface area contributed by atoms with Gasteiger partial charge in [-0.1, -0.05) is 15.9 Å². The molecule has 0 bridgehead atoms. The third-order valence-electron chi connectivity index (χ3n) is 2.22. The van der Waals surface area contributed by atoms with Crippen molar-refractivity contribution in [3.05, 3.63) is 28.7 Å². The van der Waals surface area contributed by atoms with E-state index in [9.17, 15) is 4.79 Å². The first kappa shape index (κ1) is 10.6. The van der Waals surface area contributed by atoms with Crippen molar-refractivity contribution in [1.29, 1.82) is 0 Å². The zero-order valence-corrected chi connectivity index (χ0v) is 10.5. The largest absolute Gasteiger partial charge is 0.342 e. The SMILES string of the molecule is CN1CC(=O)N(c2ccc(Br)cc2)C1=S. The predicted molar refractivity (Wildman–Crippen MR) is 66.9 cm³/mol. The molecule has 1 heterocycles. The van der Waals surface area contributed by atoms with Gasteiger partial charge in [0, 0.05) is 11.5 Å². The van der Waals surface area contributed by atoms with E-state index in [1.807, 2.05) is 31.3 Å². The zero-order chi connectivity index (χ0) is 11.0. The Kier molecular flexibility index (Phi) is 2.75. The van der Waals surface area contributed by atoms with Crippen LogP contribution in [0.25, 0.3) is 0 Å². The maximum absolute atomic E-state index is 11.7. The first-order chi connectivity index (χ1) is 7.09. The van der Waals surface area contributed by atoms with E-state index in [2.05, 4.69) is 15.9 Å². The number of hydrogen-bond acceptors (Lipinski definition) is 2. The van der Waals surface area contributed by atoms with Crippen LogP contribution in [0.3, 0.4) is 0 Å². The van der Waals surface area contributed by atoms with Crippen molar-refractivity contribution >= 4 is 44.9 Å². The topological polar surface area (TPSA) is 23.6 Å². The third kappa shape index (κ3) is 1.89. The predicted octanol–water partition coefficient (Wildman–Crippen LogP) is 2.01. The summed E-state index contributed by atoms with van der Waals surface area (Å²) in [4.78, 5) is 15.0. The molecule has 2 rings (SSSR count). The van der Waals surface area contributed by atoms with Crippen LogP contribution in [0, 0.1) is 0 Å². The maximum atomic E-state index is 11.7. The Balaban J connectivity index is 2.35. The van der Waals surface area contributed by atoms with Crippen LogP contribution in [0.4, 0.5) is 5.69 Å². The van der Waals surface area contributed by atoms with E-state index < -0.39 is 0 Å². The fourth-order valence-electron chi connectivity index (χ4n) is 1.46. The number of rotatable bonds is 1. The molecule has 0 N–H and O–H groups in total. The molecule has 1 aromatic carbocycles. The summed E-state index contributed by atoms with van der Waals surface area (Å²) in [7, 11) is 1.82. The number of anilines is 1. The lowest BCUT2D eigenvalue weighted by Gasteiger charge is -2.16. The monoisotopic (exact) mass is 284 g/mol. The molecule has 0 atom stereocenters. The minimum absolute atomic E-state index is 0.0184. The van der Waals surface area contributed by atoms with E-state index in [0.29, 0.717) is 11.7 Å². The summed E-state index contributed by atoms with van der Waals surface area (Å²) in [6, 6.07) is 7.52. The molecule has 3 nitrogen and oxygen atoms in total. The molecule has 15 heavy (non-hydrogen) atoms. The molecule has 0 saturated carbocycles. The van der Waals surface area contributed by atoms with Crippen molar-refractivity contribution in [2.75, 3.05) is 18.5 Å². The van der Waals surface area contributed by atoms with Crippen molar-refractivity contribution in [1.82, 2.24) is 4.90 Å². The Morgan fingerprint density at radius 2 is 1.93 bits per heavy atom. The standard InChI is InChI=1S/C10H9BrN2OS/c1-12-6-9(14)13(10(12)15)8-4-2-7(11)3-5-8/h2-5H,6H2,1H3. The molecular weight excluding hydrogens is 276 g/mol. The minimum Gasteiger partial charge on any atom is -0.342 e. The van der Waals surface area contributed by atoms with Gasteiger partial charge in [-0.3, -0.25) is 9.69 Å². The minimum atomic E-state index is 0.0184. The third-order valence-corrected chi connectivity index (χ3v) is 3.25. The number of nitrogens with zero attached hydrogens (tertiary/aromatic N) is 2. The fourth-order valence-corrected chi connectivity index (χ4v) is 2.00. The zero-order valence-electron chi connectivity index (χ0n) is 8.11. The summed E-state index contributed by atoms with van der Waals surface area (Å²) < 4.78 is 0.983. The number of hydrogen-bond donors (Lipinski definition) is 0. The highest BCUT2D eigenvalue weighted by Crippen LogP contribution is 2.22. The Labute approximate surface area is 102 Å². The molecule has 5 heteroatoms. The molecule has 1 aromatic rings. The van der Waals surface area contributed by atoms with Gasteiger partial charge in [0.05, 0.1) is 12.2 Å². The number of carbonyl (C=O) groups is 1. The maximum Gasteiger partial charge on any atom is 0.252 e. The first-order valence-corrected chi connectivity index (χ1v) is 5.63. The summed E-state index contributed by atoms with van der Waals surface area (Å²) in [5.74, 6) is 0.0184. The van der Waals surface area contributed by atoms with Gasteiger partial charge in [-0.2, -0.15) is 0 Å². The molecule has 78 valence electrons. The molecule has 1 amide bonds. The summed E-state index contributed by atoms with van der Waals surface area (Å²) in [5, 5.41) is 0.558. The summed E-state index contributed by atoms with van der Waals surface area (Å²) in [6.07, 6.45) is 0. The van der Waals surface area contributed by atoms with Crippen molar-refractivity contribution in [3.63, 3.8) is 0 Å². The van der Waals surface area contributed by atoms with Crippen LogP contribution in [0.1, 0.15) is 0 Å². The Hall–Kier alpha value is -0.940. The van der Waals surface area contributed by atoms with Gasteiger partial charge in [-0.25, -0.2) is 0 Å². The molecule has 1 aliphatic rings. The first-order valence-electron chi connectivity index (χ1n) is 4.43. The molecule has 1 saturated heterocycles. The van der Waals surface area contributed by atoms with Gasteiger partial charge < -0.3 is 4.90 Å². The summed E-state index contributed by atoms with van der Waals surface area (Å²) in [6.45, 7) is 0.356. The van der Waals surface area contributed by atoms with Crippen LogP contribution in [0.5, 0.6) is 0 Å². The van der Waals surface area contributed by atoms with Crippen LogP contribution in [0.2, 0.25) is 0 Å². The fraction of sp³-hybridized carbons (Fsp3) is 0.200. The van der Waals surface area contributed by atoms with Crippen LogP contribution >= 0.6 is 28.1 Å². The van der Waals surface area contributed by atoms with Crippen LogP contribution < -0.4 is 4.90 Å². The average Bonchev–Trinajstić information content (AvgIpc) is 2.44. The number of thiocarbonyl (C=S) groups is 1. The molecule has 0 radical (unpaired) electrons. The normalized spacial score (nSPS) is 16.4. The second-order valence-corrected chi connectivity index (χ2v) is 4.63. The second kappa shape index (κ2) is 3.90. The lowest BCUT2D eigenvalue weighted by atomic mass is 10.3. The van der Waals surface area contributed by atoms with Gasteiger partial charge in [-0.05, 0) is 36.5 Å². The molecule has 0 unspecified atom stereocenters. The van der Waals surface area contributed by atoms with Gasteiger partial charge in [0.15, 0.2) is 5.11 Å². The Bertz CT molecular complexity index is 418. The van der Waals surface area contributed by atoms with E-state index in [-0.39, 0.29) is 5.91 Å². The lowest BCUT2D eigenvalue weighted by Crippen LogP contribution is -2.31. The molecule has 1 fully saturated rings. The molecule has 1 aliphatic heterocycles. The Morgan fingerprint density at radius 3 is 2.40 bits per heavy atom. The quantitative estimate of drug-likeness (QED) is 0.737. The van der Waals surface area contributed by atoms with Gasteiger partial charge in [0.25, 0.3) is 5.91 Å². The average molecular weight is 285 g/mol. The van der Waals surface area contributed by atoms with E-state index >= 15 is 0 Å². The van der Waals surface area contributed by atoms with Crippen LogP contribution in [-0.2, 0) is 4.79 Å². The van der Waals surface area contributed by atoms with Crippen molar-refractivity contribution < 1.29 is 4.79 Å². The van der Waals surface area contributed by atoms with Gasteiger partial charge in [0.1, 0.15) is 0 Å². The number of carbonyl (C=O) groups excluding carboxylic acids is 1. The number of benzene rings is 1. The highest BCUT2D eigenvalue weighted by molar-refractivity contribution is 9.10. The van der Waals surface area contributed by atoms with E-state index in [4.69, 9.17) is 12.2 Å². The van der Waals surface area contributed by atoms with Crippen molar-refractivity contribution in [2.45, 2.75) is 0 Å². The van der Waals surface area contributed by atoms with Crippen molar-refractivity contribution in [3.8, 4) is 0 Å². The van der Waals surface area contributed by atoms with Crippen LogP contribution in [0.15, 0.2) is 28.7 Å². The molecule has 0 aliphatic carbocycles. The molecule has 0 aromatic heterocycles. The highest BCUT2D eigenvalue weighted by atomic mass is 79.9. The molecule has 0 spiro atoms.